The summed E-state index contributed by atoms with van der Waals surface area (Å²) in [6.07, 6.45) is 7.77. The van der Waals surface area contributed by atoms with Gasteiger partial charge in [-0.15, -0.1) is 0 Å². The predicted molar refractivity (Wildman–Crippen MR) is 115 cm³/mol. The van der Waals surface area contributed by atoms with Gasteiger partial charge in [-0.25, -0.2) is 0 Å². The number of aromatic nitrogens is 1. The highest BCUT2D eigenvalue weighted by molar-refractivity contribution is 5.83. The van der Waals surface area contributed by atoms with Gasteiger partial charge in [-0.1, -0.05) is 47.8 Å². The van der Waals surface area contributed by atoms with Crippen molar-refractivity contribution in [2.75, 3.05) is 27.2 Å². The van der Waals surface area contributed by atoms with E-state index < -0.39 is 5.41 Å². The van der Waals surface area contributed by atoms with E-state index in [1.165, 1.54) is 31.2 Å². The molecule has 5 nitrogen and oxygen atoms in total. The van der Waals surface area contributed by atoms with Crippen LogP contribution in [0.15, 0.2) is 34.9 Å². The summed E-state index contributed by atoms with van der Waals surface area (Å²) in [7, 11) is 3.74. The first kappa shape index (κ1) is 20.1. The van der Waals surface area contributed by atoms with Gasteiger partial charge in [0.1, 0.15) is 11.5 Å². The number of hydrogen-bond acceptors (Lipinski definition) is 4. The molecule has 1 aliphatic heterocycles. The number of likely N-dealkylation sites (tertiary alicyclic amines) is 1. The van der Waals surface area contributed by atoms with Crippen molar-refractivity contribution in [2.45, 2.75) is 57.9 Å². The molecule has 0 N–H and O–H groups in total. The van der Waals surface area contributed by atoms with E-state index in [9.17, 15) is 4.79 Å². The monoisotopic (exact) mass is 395 g/mol. The molecule has 1 amide bonds. The third-order valence-corrected chi connectivity index (χ3v) is 6.73. The molecule has 1 unspecified atom stereocenters. The van der Waals surface area contributed by atoms with Crippen LogP contribution in [0.2, 0.25) is 0 Å². The zero-order valence-electron chi connectivity index (χ0n) is 18.0. The van der Waals surface area contributed by atoms with E-state index in [1.807, 2.05) is 20.2 Å². The topological polar surface area (TPSA) is 49.6 Å². The first-order valence-corrected chi connectivity index (χ1v) is 11.0. The van der Waals surface area contributed by atoms with Crippen molar-refractivity contribution in [3.05, 3.63) is 41.7 Å². The summed E-state index contributed by atoms with van der Waals surface area (Å²) in [6.45, 7) is 4.02. The number of aryl methyl sites for hydroxylation is 1. The highest BCUT2D eigenvalue weighted by Gasteiger charge is 2.45. The first-order chi connectivity index (χ1) is 14.0. The number of piperidine rings is 1. The van der Waals surface area contributed by atoms with Gasteiger partial charge < -0.3 is 9.42 Å². The number of rotatable bonds is 5. The third kappa shape index (κ3) is 4.25. The Morgan fingerprint density at radius 2 is 1.93 bits per heavy atom. The molecule has 29 heavy (non-hydrogen) atoms. The van der Waals surface area contributed by atoms with E-state index in [1.54, 1.807) is 4.90 Å². The number of carbonyl (C=O) groups is 1. The Hall–Kier alpha value is -2.14. The van der Waals surface area contributed by atoms with Crippen LogP contribution >= 0.6 is 0 Å². The predicted octanol–water partition coefficient (Wildman–Crippen LogP) is 4.31. The molecular weight excluding hydrogens is 362 g/mol. The molecule has 2 aromatic rings. The van der Waals surface area contributed by atoms with Crippen LogP contribution in [0, 0.1) is 12.3 Å². The maximum Gasteiger partial charge on any atom is 0.230 e. The Kier molecular flexibility index (Phi) is 5.77. The van der Waals surface area contributed by atoms with Gasteiger partial charge in [0.2, 0.25) is 5.91 Å². The van der Waals surface area contributed by atoms with Crippen LogP contribution in [0.1, 0.15) is 49.8 Å². The molecule has 1 atom stereocenters. The molecule has 1 saturated carbocycles. The minimum absolute atomic E-state index is 0.216. The Labute approximate surface area is 174 Å². The summed E-state index contributed by atoms with van der Waals surface area (Å²) >= 11 is 0. The number of nitrogens with zero attached hydrogens (tertiary/aromatic N) is 3. The van der Waals surface area contributed by atoms with Crippen molar-refractivity contribution in [1.82, 2.24) is 15.0 Å². The Morgan fingerprint density at radius 1 is 1.21 bits per heavy atom. The lowest BCUT2D eigenvalue weighted by Gasteiger charge is -2.44. The van der Waals surface area contributed by atoms with Crippen LogP contribution in [0.4, 0.5) is 0 Å². The van der Waals surface area contributed by atoms with E-state index in [2.05, 4.69) is 41.2 Å². The van der Waals surface area contributed by atoms with Crippen molar-refractivity contribution in [3.8, 4) is 11.3 Å². The van der Waals surface area contributed by atoms with Gasteiger partial charge in [0.15, 0.2) is 0 Å². The van der Waals surface area contributed by atoms with Gasteiger partial charge in [-0.05, 0) is 39.2 Å². The van der Waals surface area contributed by atoms with E-state index in [0.717, 1.165) is 42.9 Å². The van der Waals surface area contributed by atoms with E-state index >= 15 is 0 Å². The van der Waals surface area contributed by atoms with Crippen molar-refractivity contribution in [2.24, 2.45) is 5.41 Å². The number of amides is 1. The van der Waals surface area contributed by atoms with Crippen molar-refractivity contribution in [1.29, 1.82) is 0 Å². The minimum atomic E-state index is -0.422. The SMILES string of the molecule is Cc1ccc(-c2cc(CC3(C(=O)N(C)C)CCCN(C4CCCC4)C3)on2)cc1. The highest BCUT2D eigenvalue weighted by Crippen LogP contribution is 2.39. The van der Waals surface area contributed by atoms with Gasteiger partial charge in [-0.3, -0.25) is 9.69 Å². The van der Waals surface area contributed by atoms with Crippen molar-refractivity contribution >= 4 is 5.91 Å². The fourth-order valence-corrected chi connectivity index (χ4v) is 5.21. The van der Waals surface area contributed by atoms with E-state index in [-0.39, 0.29) is 5.91 Å². The Morgan fingerprint density at radius 3 is 2.62 bits per heavy atom. The smallest absolute Gasteiger partial charge is 0.230 e. The lowest BCUT2D eigenvalue weighted by Crippen LogP contribution is -2.54. The molecular formula is C24H33N3O2. The lowest BCUT2D eigenvalue weighted by molar-refractivity contribution is -0.144. The van der Waals surface area contributed by atoms with Gasteiger partial charge in [0.05, 0.1) is 5.41 Å². The van der Waals surface area contributed by atoms with Crippen LogP contribution < -0.4 is 0 Å². The molecule has 4 rings (SSSR count). The summed E-state index contributed by atoms with van der Waals surface area (Å²) in [6, 6.07) is 11.0. The summed E-state index contributed by atoms with van der Waals surface area (Å²) in [5.74, 6) is 1.03. The van der Waals surface area contributed by atoms with Gasteiger partial charge in [-0.2, -0.15) is 0 Å². The molecule has 1 aromatic heterocycles. The van der Waals surface area contributed by atoms with Crippen LogP contribution in [0.5, 0.6) is 0 Å². The van der Waals surface area contributed by atoms with Crippen LogP contribution in [-0.2, 0) is 11.2 Å². The van der Waals surface area contributed by atoms with E-state index in [4.69, 9.17) is 4.52 Å². The molecule has 0 bridgehead atoms. The molecule has 0 radical (unpaired) electrons. The maximum absolute atomic E-state index is 13.3. The van der Waals surface area contributed by atoms with Crippen LogP contribution in [0.3, 0.4) is 0 Å². The first-order valence-electron chi connectivity index (χ1n) is 11.0. The third-order valence-electron chi connectivity index (χ3n) is 6.73. The van der Waals surface area contributed by atoms with E-state index in [0.29, 0.717) is 12.5 Å². The van der Waals surface area contributed by atoms with Gasteiger partial charge >= 0.3 is 0 Å². The zero-order valence-corrected chi connectivity index (χ0v) is 18.0. The molecule has 2 heterocycles. The quantitative estimate of drug-likeness (QED) is 0.757. The van der Waals surface area contributed by atoms with Gasteiger partial charge in [0.25, 0.3) is 0 Å². The number of carbonyl (C=O) groups excluding carboxylic acids is 1. The average molecular weight is 396 g/mol. The molecule has 1 saturated heterocycles. The molecule has 5 heteroatoms. The number of hydrogen-bond donors (Lipinski definition) is 0. The zero-order chi connectivity index (χ0) is 20.4. The van der Waals surface area contributed by atoms with Gasteiger partial charge in [0, 0.05) is 44.7 Å². The highest BCUT2D eigenvalue weighted by atomic mass is 16.5. The standard InChI is InChI=1S/C24H33N3O2/c1-18-9-11-19(12-10-18)22-15-21(29-25-22)16-24(23(28)26(2)3)13-6-14-27(17-24)20-7-4-5-8-20/h9-12,15,20H,4-8,13-14,16-17H2,1-3H3. The minimum Gasteiger partial charge on any atom is -0.361 e. The van der Waals surface area contributed by atoms with Crippen molar-refractivity contribution < 1.29 is 9.32 Å². The second-order valence-electron chi connectivity index (χ2n) is 9.21. The normalized spacial score (nSPS) is 23.4. The molecule has 156 valence electrons. The fourth-order valence-electron chi connectivity index (χ4n) is 5.21. The number of benzene rings is 1. The maximum atomic E-state index is 13.3. The van der Waals surface area contributed by atoms with Crippen LogP contribution in [0.25, 0.3) is 11.3 Å². The molecule has 2 fully saturated rings. The molecule has 1 aliphatic carbocycles. The van der Waals surface area contributed by atoms with Crippen LogP contribution in [-0.4, -0.2) is 54.1 Å². The summed E-state index contributed by atoms with van der Waals surface area (Å²) < 4.78 is 5.73. The lowest BCUT2D eigenvalue weighted by atomic mass is 9.74. The second kappa shape index (κ2) is 8.31. The Balaban J connectivity index is 1.57. The molecule has 1 aromatic carbocycles. The summed E-state index contributed by atoms with van der Waals surface area (Å²) in [4.78, 5) is 17.7. The van der Waals surface area contributed by atoms with Crippen molar-refractivity contribution in [3.63, 3.8) is 0 Å². The Bertz CT molecular complexity index is 836. The second-order valence-corrected chi connectivity index (χ2v) is 9.21. The summed E-state index contributed by atoms with van der Waals surface area (Å²) in [5.41, 5.74) is 2.70. The summed E-state index contributed by atoms with van der Waals surface area (Å²) in [5, 5.41) is 4.30. The molecule has 2 aliphatic rings. The fraction of sp³-hybridized carbons (Fsp3) is 0.583. The average Bonchev–Trinajstić information content (AvgIpc) is 3.40. The largest absolute Gasteiger partial charge is 0.361 e. The molecule has 0 spiro atoms.